The van der Waals surface area contributed by atoms with E-state index in [-0.39, 0.29) is 17.1 Å². The number of aryl methyl sites for hydroxylation is 4. The van der Waals surface area contributed by atoms with E-state index in [4.69, 9.17) is 4.74 Å². The van der Waals surface area contributed by atoms with Crippen molar-refractivity contribution in [1.82, 2.24) is 9.78 Å². The number of hydrogen-bond donors (Lipinski definition) is 0. The van der Waals surface area contributed by atoms with Gasteiger partial charge in [-0.1, -0.05) is 31.5 Å². The molecule has 0 saturated carbocycles. The zero-order valence-corrected chi connectivity index (χ0v) is 21.1. The third-order valence-corrected chi connectivity index (χ3v) is 7.76. The molecule has 0 atom stereocenters. The number of hydrogen-bond acceptors (Lipinski definition) is 5. The van der Waals surface area contributed by atoms with E-state index >= 15 is 0 Å². The number of rotatable bonds is 4. The molecule has 1 aliphatic heterocycles. The summed E-state index contributed by atoms with van der Waals surface area (Å²) < 4.78 is 7.17. The quantitative estimate of drug-likeness (QED) is 0.358. The van der Waals surface area contributed by atoms with Crippen LogP contribution < -0.4 is 4.74 Å². The van der Waals surface area contributed by atoms with Crippen LogP contribution in [-0.2, 0) is 12.5 Å². The van der Waals surface area contributed by atoms with Gasteiger partial charge >= 0.3 is 5.97 Å². The van der Waals surface area contributed by atoms with Crippen LogP contribution in [0.5, 0.6) is 5.88 Å². The van der Waals surface area contributed by atoms with E-state index in [0.717, 1.165) is 34.4 Å². The second kappa shape index (κ2) is 8.49. The molecule has 0 saturated heterocycles. The minimum absolute atomic E-state index is 0.00107. The number of fused-ring (bicyclic) bond motifs is 1. The summed E-state index contributed by atoms with van der Waals surface area (Å²) >= 11 is 1.87. The van der Waals surface area contributed by atoms with Crippen molar-refractivity contribution in [2.45, 2.75) is 58.3 Å². The molecule has 4 rings (SSSR count). The van der Waals surface area contributed by atoms with E-state index in [1.807, 2.05) is 50.7 Å². The van der Waals surface area contributed by atoms with E-state index in [9.17, 15) is 9.59 Å². The van der Waals surface area contributed by atoms with Crippen LogP contribution in [0.3, 0.4) is 0 Å². The van der Waals surface area contributed by atoms with Crippen molar-refractivity contribution in [2.24, 2.45) is 7.05 Å². The number of aromatic nitrogens is 2. The van der Waals surface area contributed by atoms with Crippen LogP contribution in [0, 0.1) is 27.7 Å². The smallest absolute Gasteiger partial charge is 0.345 e. The number of benzene rings is 2. The zero-order chi connectivity index (χ0) is 24.1. The molecule has 1 aromatic heterocycles. The molecule has 0 N–H and O–H groups in total. The Morgan fingerprint density at radius 1 is 1.03 bits per heavy atom. The van der Waals surface area contributed by atoms with E-state index < -0.39 is 5.97 Å². The standard InChI is InChI=1S/C27H30N2O3S/c1-15-8-9-19(16(2)12-15)26(31)32-25-21(14-28-29(25)7)23(30)20-13-17(3)24-22(18(20)4)27(5,6)10-11-33-24/h8-9,12-14H,10-11H2,1-7H3. The fourth-order valence-corrected chi connectivity index (χ4v) is 6.37. The van der Waals surface area contributed by atoms with Crippen molar-refractivity contribution < 1.29 is 14.3 Å². The van der Waals surface area contributed by atoms with E-state index in [1.54, 1.807) is 13.1 Å². The first-order chi connectivity index (χ1) is 15.5. The first-order valence-electron chi connectivity index (χ1n) is 11.1. The molecule has 33 heavy (non-hydrogen) atoms. The lowest BCUT2D eigenvalue weighted by atomic mass is 9.77. The van der Waals surface area contributed by atoms with Crippen molar-refractivity contribution in [1.29, 1.82) is 0 Å². The normalized spacial score (nSPS) is 14.6. The Morgan fingerprint density at radius 3 is 2.45 bits per heavy atom. The Bertz CT molecular complexity index is 1290. The summed E-state index contributed by atoms with van der Waals surface area (Å²) in [6.45, 7) is 12.4. The number of nitrogens with zero attached hydrogens (tertiary/aromatic N) is 2. The van der Waals surface area contributed by atoms with E-state index in [1.165, 1.54) is 21.3 Å². The minimum Gasteiger partial charge on any atom is -0.403 e. The number of thioether (sulfide) groups is 1. The van der Waals surface area contributed by atoms with Crippen LogP contribution in [0.25, 0.3) is 0 Å². The molecule has 2 heterocycles. The molecule has 0 radical (unpaired) electrons. The molecule has 0 aliphatic carbocycles. The van der Waals surface area contributed by atoms with Gasteiger partial charge in [0, 0.05) is 17.5 Å². The van der Waals surface area contributed by atoms with Gasteiger partial charge in [0.2, 0.25) is 5.88 Å². The van der Waals surface area contributed by atoms with Crippen LogP contribution in [0.4, 0.5) is 0 Å². The number of ketones is 1. The van der Waals surface area contributed by atoms with E-state index in [2.05, 4.69) is 25.9 Å². The summed E-state index contributed by atoms with van der Waals surface area (Å²) in [5.74, 6) is 0.560. The number of carbonyl (C=O) groups is 2. The lowest BCUT2D eigenvalue weighted by Gasteiger charge is -2.35. The highest BCUT2D eigenvalue weighted by molar-refractivity contribution is 7.99. The Kier molecular flexibility index (Phi) is 5.99. The van der Waals surface area contributed by atoms with Gasteiger partial charge in [0.05, 0.1) is 11.8 Å². The minimum atomic E-state index is -0.499. The second-order valence-electron chi connectivity index (χ2n) is 9.58. The molecule has 0 spiro atoms. The highest BCUT2D eigenvalue weighted by atomic mass is 32.2. The van der Waals surface area contributed by atoms with Gasteiger partial charge in [-0.2, -0.15) is 5.10 Å². The van der Waals surface area contributed by atoms with Gasteiger partial charge in [-0.3, -0.25) is 4.79 Å². The van der Waals surface area contributed by atoms with Crippen molar-refractivity contribution in [3.8, 4) is 5.88 Å². The molecule has 0 unspecified atom stereocenters. The van der Waals surface area contributed by atoms with Crippen LogP contribution >= 0.6 is 11.8 Å². The Morgan fingerprint density at radius 2 is 1.76 bits per heavy atom. The number of ether oxygens (including phenoxy) is 1. The van der Waals surface area contributed by atoms with Crippen LogP contribution in [0.1, 0.15) is 74.4 Å². The monoisotopic (exact) mass is 462 g/mol. The lowest BCUT2D eigenvalue weighted by molar-refractivity contribution is 0.0717. The number of carbonyl (C=O) groups excluding carboxylic acids is 2. The maximum absolute atomic E-state index is 13.7. The largest absolute Gasteiger partial charge is 0.403 e. The molecule has 0 amide bonds. The lowest BCUT2D eigenvalue weighted by Crippen LogP contribution is -2.26. The average molecular weight is 463 g/mol. The summed E-state index contributed by atoms with van der Waals surface area (Å²) in [4.78, 5) is 27.9. The van der Waals surface area contributed by atoms with Crippen molar-refractivity contribution in [3.63, 3.8) is 0 Å². The van der Waals surface area contributed by atoms with Crippen molar-refractivity contribution in [3.05, 3.63) is 75.0 Å². The van der Waals surface area contributed by atoms with Crippen LogP contribution in [0.15, 0.2) is 35.4 Å². The van der Waals surface area contributed by atoms with Crippen molar-refractivity contribution >= 4 is 23.5 Å². The molecule has 1 aliphatic rings. The molecule has 172 valence electrons. The molecule has 0 bridgehead atoms. The van der Waals surface area contributed by atoms with Gasteiger partial charge in [0.1, 0.15) is 5.56 Å². The fraction of sp³-hybridized carbons (Fsp3) is 0.370. The second-order valence-corrected chi connectivity index (χ2v) is 10.7. The van der Waals surface area contributed by atoms with E-state index in [0.29, 0.717) is 16.7 Å². The molecular weight excluding hydrogens is 432 g/mol. The van der Waals surface area contributed by atoms with Crippen LogP contribution in [0.2, 0.25) is 0 Å². The van der Waals surface area contributed by atoms with Gasteiger partial charge in [-0.05, 0) is 79.7 Å². The maximum atomic E-state index is 13.7. The molecule has 6 heteroatoms. The zero-order valence-electron chi connectivity index (χ0n) is 20.3. The Hall–Kier alpha value is -2.86. The van der Waals surface area contributed by atoms with Gasteiger partial charge in [0.25, 0.3) is 0 Å². The van der Waals surface area contributed by atoms with Gasteiger partial charge in [0.15, 0.2) is 5.78 Å². The molecule has 3 aromatic rings. The number of esters is 1. The first-order valence-corrected chi connectivity index (χ1v) is 12.1. The van der Waals surface area contributed by atoms with Crippen LogP contribution in [-0.4, -0.2) is 27.3 Å². The van der Waals surface area contributed by atoms with Crippen molar-refractivity contribution in [2.75, 3.05) is 5.75 Å². The molecule has 2 aromatic carbocycles. The predicted molar refractivity (Wildman–Crippen MR) is 132 cm³/mol. The summed E-state index contributed by atoms with van der Waals surface area (Å²) in [7, 11) is 1.67. The maximum Gasteiger partial charge on any atom is 0.345 e. The Balaban J connectivity index is 1.74. The van der Waals surface area contributed by atoms with Gasteiger partial charge < -0.3 is 4.74 Å². The third kappa shape index (κ3) is 4.12. The molecular formula is C27H30N2O3S. The Labute approximate surface area is 199 Å². The van der Waals surface area contributed by atoms with Gasteiger partial charge in [-0.15, -0.1) is 11.8 Å². The fourth-order valence-electron chi connectivity index (χ4n) is 4.70. The summed E-state index contributed by atoms with van der Waals surface area (Å²) in [5, 5.41) is 4.23. The molecule has 5 nitrogen and oxygen atoms in total. The summed E-state index contributed by atoms with van der Waals surface area (Å²) in [6.07, 6.45) is 2.55. The first kappa shape index (κ1) is 23.3. The molecule has 0 fully saturated rings. The third-order valence-electron chi connectivity index (χ3n) is 6.54. The SMILES string of the molecule is Cc1ccc(C(=O)Oc2c(C(=O)c3cc(C)c4c(c3C)C(C)(C)CCS4)cnn2C)c(C)c1. The summed E-state index contributed by atoms with van der Waals surface area (Å²) in [5.41, 5.74) is 6.65. The average Bonchev–Trinajstić information content (AvgIpc) is 3.09. The summed E-state index contributed by atoms with van der Waals surface area (Å²) in [6, 6.07) is 7.53. The predicted octanol–water partition coefficient (Wildman–Crippen LogP) is 5.88. The topological polar surface area (TPSA) is 61.2 Å². The highest BCUT2D eigenvalue weighted by Crippen LogP contribution is 2.46. The van der Waals surface area contributed by atoms with Gasteiger partial charge in [-0.25, -0.2) is 9.48 Å². The highest BCUT2D eigenvalue weighted by Gasteiger charge is 2.33.